The van der Waals surface area contributed by atoms with Crippen molar-refractivity contribution in [3.8, 4) is 11.5 Å². The molecule has 23 heavy (non-hydrogen) atoms. The first-order valence-electron chi connectivity index (χ1n) is 6.72. The topological polar surface area (TPSA) is 61.5 Å². The maximum absolute atomic E-state index is 12.7. The zero-order valence-corrected chi connectivity index (χ0v) is 12.2. The van der Waals surface area contributed by atoms with Gasteiger partial charge in [-0.1, -0.05) is 6.07 Å². The summed E-state index contributed by atoms with van der Waals surface area (Å²) in [6, 6.07) is 8.58. The largest absolute Gasteiger partial charge is 0.462 e. The summed E-state index contributed by atoms with van der Waals surface area (Å²) in [5, 5.41) is 0. The molecular formula is C16H14F3NO3. The average molecular weight is 325 g/mol. The summed E-state index contributed by atoms with van der Waals surface area (Å²) < 4.78 is 48.3. The second-order valence-corrected chi connectivity index (χ2v) is 4.64. The van der Waals surface area contributed by atoms with Gasteiger partial charge >= 0.3 is 12.1 Å². The highest BCUT2D eigenvalue weighted by atomic mass is 19.4. The number of ether oxygens (including phenoxy) is 2. The first kappa shape index (κ1) is 16.7. The van der Waals surface area contributed by atoms with Gasteiger partial charge in [0.1, 0.15) is 11.5 Å². The van der Waals surface area contributed by atoms with Gasteiger partial charge in [0.2, 0.25) is 0 Å². The van der Waals surface area contributed by atoms with Crippen LogP contribution in [-0.2, 0) is 10.9 Å². The highest BCUT2D eigenvalue weighted by molar-refractivity contribution is 5.91. The minimum atomic E-state index is -4.47. The van der Waals surface area contributed by atoms with Gasteiger partial charge in [-0.2, -0.15) is 13.2 Å². The minimum absolute atomic E-state index is 0.0137. The Morgan fingerprint density at radius 3 is 2.52 bits per heavy atom. The standard InChI is InChI=1S/C16H14F3NO3/c1-2-22-15(21)10-6-12(20)9-14(7-10)23-13-5-3-4-11(8-13)16(17,18)19/h3-9H,2,20H2,1H3. The summed E-state index contributed by atoms with van der Waals surface area (Å²) in [5.41, 5.74) is 5.24. The fourth-order valence-electron chi connectivity index (χ4n) is 1.89. The fraction of sp³-hybridized carbons (Fsp3) is 0.188. The first-order chi connectivity index (χ1) is 10.8. The van der Waals surface area contributed by atoms with Crippen LogP contribution in [0.1, 0.15) is 22.8 Å². The van der Waals surface area contributed by atoms with E-state index < -0.39 is 17.7 Å². The summed E-state index contributed by atoms with van der Waals surface area (Å²) >= 11 is 0. The van der Waals surface area contributed by atoms with E-state index in [1.165, 1.54) is 30.3 Å². The van der Waals surface area contributed by atoms with Crippen LogP contribution in [0.5, 0.6) is 11.5 Å². The Labute approximate surface area is 130 Å². The SMILES string of the molecule is CCOC(=O)c1cc(N)cc(Oc2cccc(C(F)(F)F)c2)c1. The van der Waals surface area contributed by atoms with Crippen molar-refractivity contribution in [2.45, 2.75) is 13.1 Å². The molecule has 7 heteroatoms. The van der Waals surface area contributed by atoms with Gasteiger partial charge in [-0.15, -0.1) is 0 Å². The lowest BCUT2D eigenvalue weighted by Crippen LogP contribution is -2.06. The Kier molecular flexibility index (Phi) is 4.78. The van der Waals surface area contributed by atoms with Gasteiger partial charge in [-0.3, -0.25) is 0 Å². The predicted octanol–water partition coefficient (Wildman–Crippen LogP) is 4.26. The molecule has 0 aromatic heterocycles. The van der Waals surface area contributed by atoms with Crippen LogP contribution in [0.15, 0.2) is 42.5 Å². The number of benzene rings is 2. The second kappa shape index (κ2) is 6.60. The van der Waals surface area contributed by atoms with Gasteiger partial charge in [0.15, 0.2) is 0 Å². The van der Waals surface area contributed by atoms with E-state index >= 15 is 0 Å². The van der Waals surface area contributed by atoms with Crippen molar-refractivity contribution in [3.05, 3.63) is 53.6 Å². The molecule has 0 saturated carbocycles. The van der Waals surface area contributed by atoms with Gasteiger partial charge in [0.25, 0.3) is 0 Å². The van der Waals surface area contributed by atoms with Crippen LogP contribution in [0.25, 0.3) is 0 Å². The van der Waals surface area contributed by atoms with Crippen molar-refractivity contribution in [2.75, 3.05) is 12.3 Å². The molecule has 0 fully saturated rings. The summed E-state index contributed by atoms with van der Waals surface area (Å²) in [4.78, 5) is 11.7. The molecule has 2 aromatic carbocycles. The Morgan fingerprint density at radius 2 is 1.87 bits per heavy atom. The summed E-state index contributed by atoms with van der Waals surface area (Å²) in [6.45, 7) is 1.85. The molecule has 0 amide bonds. The third-order valence-corrected chi connectivity index (χ3v) is 2.84. The molecule has 0 heterocycles. The molecular weight excluding hydrogens is 311 g/mol. The third-order valence-electron chi connectivity index (χ3n) is 2.84. The lowest BCUT2D eigenvalue weighted by molar-refractivity contribution is -0.137. The number of nitrogens with two attached hydrogens (primary N) is 1. The first-order valence-corrected chi connectivity index (χ1v) is 6.72. The van der Waals surface area contributed by atoms with Gasteiger partial charge in [-0.25, -0.2) is 4.79 Å². The van der Waals surface area contributed by atoms with Gasteiger partial charge in [0.05, 0.1) is 17.7 Å². The molecule has 4 nitrogen and oxygen atoms in total. The molecule has 0 radical (unpaired) electrons. The number of carbonyl (C=O) groups is 1. The van der Waals surface area contributed by atoms with Crippen LogP contribution in [-0.4, -0.2) is 12.6 Å². The second-order valence-electron chi connectivity index (χ2n) is 4.64. The number of nitrogen functional groups attached to an aromatic ring is 1. The Balaban J connectivity index is 2.28. The van der Waals surface area contributed by atoms with Crippen molar-refractivity contribution in [1.29, 1.82) is 0 Å². The molecule has 0 unspecified atom stereocenters. The van der Waals surface area contributed by atoms with Crippen LogP contribution >= 0.6 is 0 Å². The quantitative estimate of drug-likeness (QED) is 0.674. The fourth-order valence-corrected chi connectivity index (χ4v) is 1.89. The van der Waals surface area contributed by atoms with E-state index in [2.05, 4.69) is 0 Å². The average Bonchev–Trinajstić information content (AvgIpc) is 2.46. The lowest BCUT2D eigenvalue weighted by atomic mass is 10.2. The maximum Gasteiger partial charge on any atom is 0.416 e. The monoisotopic (exact) mass is 325 g/mol. The number of alkyl halides is 3. The summed E-state index contributed by atoms with van der Waals surface area (Å²) in [5.74, 6) is -0.457. The van der Waals surface area contributed by atoms with Crippen molar-refractivity contribution in [3.63, 3.8) is 0 Å². The molecule has 0 aliphatic carbocycles. The van der Waals surface area contributed by atoms with Crippen LogP contribution in [0.2, 0.25) is 0 Å². The number of rotatable bonds is 4. The van der Waals surface area contributed by atoms with Crippen LogP contribution < -0.4 is 10.5 Å². The zero-order valence-electron chi connectivity index (χ0n) is 12.2. The number of hydrogen-bond donors (Lipinski definition) is 1. The minimum Gasteiger partial charge on any atom is -0.462 e. The zero-order chi connectivity index (χ0) is 17.0. The van der Waals surface area contributed by atoms with E-state index in [0.717, 1.165) is 12.1 Å². The molecule has 0 atom stereocenters. The van der Waals surface area contributed by atoms with E-state index in [0.29, 0.717) is 0 Å². The van der Waals surface area contributed by atoms with Crippen LogP contribution in [0.3, 0.4) is 0 Å². The maximum atomic E-state index is 12.7. The van der Waals surface area contributed by atoms with Crippen molar-refractivity contribution < 1.29 is 27.4 Å². The third kappa shape index (κ3) is 4.38. The molecule has 2 N–H and O–H groups in total. The van der Waals surface area contributed by atoms with Crippen LogP contribution in [0, 0.1) is 0 Å². The molecule has 0 aliphatic rings. The molecule has 0 saturated heterocycles. The molecule has 0 spiro atoms. The Hall–Kier alpha value is -2.70. The van der Waals surface area contributed by atoms with E-state index in [9.17, 15) is 18.0 Å². The van der Waals surface area contributed by atoms with Gasteiger partial charge in [0, 0.05) is 11.8 Å². The van der Waals surface area contributed by atoms with Crippen molar-refractivity contribution >= 4 is 11.7 Å². The highest BCUT2D eigenvalue weighted by Crippen LogP contribution is 2.33. The van der Waals surface area contributed by atoms with Crippen molar-refractivity contribution in [1.82, 2.24) is 0 Å². The Morgan fingerprint density at radius 1 is 1.13 bits per heavy atom. The molecule has 122 valence electrons. The number of hydrogen-bond acceptors (Lipinski definition) is 4. The lowest BCUT2D eigenvalue weighted by Gasteiger charge is -2.11. The molecule has 0 bridgehead atoms. The van der Waals surface area contributed by atoms with Crippen molar-refractivity contribution in [2.24, 2.45) is 0 Å². The van der Waals surface area contributed by atoms with E-state index in [4.69, 9.17) is 15.2 Å². The normalized spacial score (nSPS) is 11.1. The summed E-state index contributed by atoms with van der Waals surface area (Å²) in [7, 11) is 0. The number of esters is 1. The smallest absolute Gasteiger partial charge is 0.416 e. The Bertz CT molecular complexity index is 714. The molecule has 0 aliphatic heterocycles. The molecule has 2 rings (SSSR count). The number of carbonyl (C=O) groups excluding carboxylic acids is 1. The molecule has 2 aromatic rings. The predicted molar refractivity (Wildman–Crippen MR) is 78.3 cm³/mol. The van der Waals surface area contributed by atoms with Crippen LogP contribution in [0.4, 0.5) is 18.9 Å². The number of halogens is 3. The highest BCUT2D eigenvalue weighted by Gasteiger charge is 2.30. The number of anilines is 1. The van der Waals surface area contributed by atoms with E-state index in [-0.39, 0.29) is 29.4 Å². The summed E-state index contributed by atoms with van der Waals surface area (Å²) in [6.07, 6.45) is -4.47. The van der Waals surface area contributed by atoms with E-state index in [1.807, 2.05) is 0 Å². The van der Waals surface area contributed by atoms with Gasteiger partial charge < -0.3 is 15.2 Å². The van der Waals surface area contributed by atoms with E-state index in [1.54, 1.807) is 6.92 Å². The van der Waals surface area contributed by atoms with Gasteiger partial charge in [-0.05, 0) is 37.3 Å².